The molecule has 0 spiro atoms. The third-order valence-electron chi connectivity index (χ3n) is 4.84. The van der Waals surface area contributed by atoms with Crippen molar-refractivity contribution in [3.63, 3.8) is 0 Å². The Morgan fingerprint density at radius 1 is 1.27 bits per heavy atom. The van der Waals surface area contributed by atoms with Crippen LogP contribution in [0.15, 0.2) is 65.0 Å². The zero-order valence-corrected chi connectivity index (χ0v) is 17.2. The van der Waals surface area contributed by atoms with Crippen LogP contribution >= 0.6 is 11.8 Å². The molecule has 1 aliphatic rings. The number of nitrogens with one attached hydrogen (secondary N) is 1. The molecule has 9 heteroatoms. The average molecular weight is 425 g/mol. The molecule has 0 saturated heterocycles. The predicted molar refractivity (Wildman–Crippen MR) is 113 cm³/mol. The highest BCUT2D eigenvalue weighted by Gasteiger charge is 2.33. The van der Waals surface area contributed by atoms with Crippen LogP contribution in [-0.4, -0.2) is 27.8 Å². The molecule has 0 fully saturated rings. The summed E-state index contributed by atoms with van der Waals surface area (Å²) in [6, 6.07) is 13.4. The number of rotatable bonds is 6. The number of fused-ring (bicyclic) bond motifs is 1. The molecule has 154 valence electrons. The molecular weight excluding hydrogens is 405 g/mol. The van der Waals surface area contributed by atoms with E-state index in [0.717, 1.165) is 5.56 Å². The number of methoxy groups -OCH3 is 1. The summed E-state index contributed by atoms with van der Waals surface area (Å²) in [4.78, 5) is 16.7. The number of nitrogens with two attached hydrogens (primary N) is 1. The lowest BCUT2D eigenvalue weighted by molar-refractivity contribution is -0.115. The molecule has 30 heavy (non-hydrogen) atoms. The maximum Gasteiger partial charge on any atom is 0.248 e. The smallest absolute Gasteiger partial charge is 0.248 e. The van der Waals surface area contributed by atoms with Gasteiger partial charge in [-0.15, -0.1) is 5.10 Å². The monoisotopic (exact) mass is 425 g/mol. The van der Waals surface area contributed by atoms with Gasteiger partial charge in [-0.1, -0.05) is 42.1 Å². The number of benzene rings is 2. The van der Waals surface area contributed by atoms with Crippen molar-refractivity contribution in [1.29, 1.82) is 0 Å². The lowest BCUT2D eigenvalue weighted by Gasteiger charge is -2.27. The standard InChI is InChI=1S/C21H20FN5O2S/c1-12-17(19(23)28)18(13-7-9-15(29-2)10-8-13)27-20(24-12)25-21(26-27)30-11-14-5-3-4-6-16(14)22/h3-10,18H,11H2,1-2H3,(H2,23,28)(H,24,25,26)/t18-/m1/s1. The second-order valence-corrected chi connectivity index (χ2v) is 7.69. The van der Waals surface area contributed by atoms with Crippen molar-refractivity contribution >= 4 is 23.6 Å². The van der Waals surface area contributed by atoms with Gasteiger partial charge in [0.05, 0.1) is 12.7 Å². The van der Waals surface area contributed by atoms with E-state index in [4.69, 9.17) is 10.5 Å². The highest BCUT2D eigenvalue weighted by Crippen LogP contribution is 2.36. The van der Waals surface area contributed by atoms with Gasteiger partial charge in [0, 0.05) is 11.4 Å². The normalized spacial score (nSPS) is 15.5. The predicted octanol–water partition coefficient (Wildman–Crippen LogP) is 3.49. The summed E-state index contributed by atoms with van der Waals surface area (Å²) in [6.07, 6.45) is 0. The second-order valence-electron chi connectivity index (χ2n) is 6.75. The van der Waals surface area contributed by atoms with Gasteiger partial charge in [-0.3, -0.25) is 4.79 Å². The van der Waals surface area contributed by atoms with Gasteiger partial charge in [-0.2, -0.15) is 4.98 Å². The zero-order chi connectivity index (χ0) is 21.3. The van der Waals surface area contributed by atoms with Gasteiger partial charge in [-0.25, -0.2) is 9.07 Å². The molecule has 4 rings (SSSR count). The van der Waals surface area contributed by atoms with Crippen molar-refractivity contribution in [2.24, 2.45) is 5.73 Å². The molecule has 3 aromatic rings. The highest BCUT2D eigenvalue weighted by molar-refractivity contribution is 7.98. The summed E-state index contributed by atoms with van der Waals surface area (Å²) < 4.78 is 20.8. The number of thioether (sulfide) groups is 1. The SMILES string of the molecule is COc1ccc([C@@H]2C(C(N)=O)=C(C)Nc3nc(SCc4ccccc4F)nn32)cc1. The van der Waals surface area contributed by atoms with Crippen molar-refractivity contribution in [1.82, 2.24) is 14.8 Å². The van der Waals surface area contributed by atoms with Crippen LogP contribution in [0.1, 0.15) is 24.1 Å². The summed E-state index contributed by atoms with van der Waals surface area (Å²) >= 11 is 1.32. The Morgan fingerprint density at radius 3 is 2.67 bits per heavy atom. The lowest BCUT2D eigenvalue weighted by atomic mass is 9.95. The molecule has 3 N–H and O–H groups in total. The molecule has 1 aromatic heterocycles. The van der Waals surface area contributed by atoms with Gasteiger partial charge in [0.1, 0.15) is 17.6 Å². The number of hydrogen-bond donors (Lipinski definition) is 2. The number of amides is 1. The molecule has 1 amide bonds. The van der Waals surface area contributed by atoms with Crippen LogP contribution in [0.25, 0.3) is 0 Å². The summed E-state index contributed by atoms with van der Waals surface area (Å²) in [7, 11) is 1.59. The first-order valence-corrected chi connectivity index (χ1v) is 10.2. The zero-order valence-electron chi connectivity index (χ0n) is 16.4. The van der Waals surface area contributed by atoms with E-state index in [9.17, 15) is 9.18 Å². The van der Waals surface area contributed by atoms with Crippen LogP contribution in [0.3, 0.4) is 0 Å². The van der Waals surface area contributed by atoms with Crippen LogP contribution < -0.4 is 15.8 Å². The molecule has 2 heterocycles. The molecule has 7 nitrogen and oxygen atoms in total. The molecule has 0 unspecified atom stereocenters. The van der Waals surface area contributed by atoms with Crippen molar-refractivity contribution in [2.45, 2.75) is 23.9 Å². The minimum Gasteiger partial charge on any atom is -0.497 e. The van der Waals surface area contributed by atoms with E-state index in [2.05, 4.69) is 15.4 Å². The Labute approximate surface area is 177 Å². The minimum absolute atomic E-state index is 0.267. The third kappa shape index (κ3) is 3.76. The lowest BCUT2D eigenvalue weighted by Crippen LogP contribution is -2.31. The number of allylic oxidation sites excluding steroid dienone is 1. The van der Waals surface area contributed by atoms with Crippen LogP contribution in [0, 0.1) is 5.82 Å². The molecule has 0 bridgehead atoms. The number of primary amides is 1. The van der Waals surface area contributed by atoms with Crippen molar-refractivity contribution in [2.75, 3.05) is 12.4 Å². The molecule has 2 aromatic carbocycles. The third-order valence-corrected chi connectivity index (χ3v) is 5.73. The Balaban J connectivity index is 1.69. The topological polar surface area (TPSA) is 95.1 Å². The first-order chi connectivity index (χ1) is 14.5. The number of ether oxygens (including phenoxy) is 1. The summed E-state index contributed by atoms with van der Waals surface area (Å²) in [5.74, 6) is 0.779. The van der Waals surface area contributed by atoms with E-state index >= 15 is 0 Å². The van der Waals surface area contributed by atoms with Crippen molar-refractivity contribution < 1.29 is 13.9 Å². The maximum atomic E-state index is 13.9. The fourth-order valence-corrected chi connectivity index (χ4v) is 4.18. The van der Waals surface area contributed by atoms with E-state index in [0.29, 0.717) is 39.4 Å². The Kier molecular flexibility index (Phi) is 5.45. The number of aromatic nitrogens is 3. The molecular formula is C21H20FN5O2S. The van der Waals surface area contributed by atoms with E-state index in [-0.39, 0.29) is 5.82 Å². The first-order valence-electron chi connectivity index (χ1n) is 9.22. The largest absolute Gasteiger partial charge is 0.497 e. The Hall–Kier alpha value is -3.33. The van der Waals surface area contributed by atoms with Gasteiger partial charge in [-0.05, 0) is 36.2 Å². The molecule has 1 aliphatic heterocycles. The van der Waals surface area contributed by atoms with Gasteiger partial charge in [0.15, 0.2) is 0 Å². The minimum atomic E-state index is -0.539. The van der Waals surface area contributed by atoms with Gasteiger partial charge in [0.25, 0.3) is 0 Å². The van der Waals surface area contributed by atoms with Gasteiger partial charge in [0.2, 0.25) is 17.0 Å². The van der Waals surface area contributed by atoms with Crippen molar-refractivity contribution in [3.8, 4) is 5.75 Å². The Morgan fingerprint density at radius 2 is 2.00 bits per heavy atom. The van der Waals surface area contributed by atoms with Crippen molar-refractivity contribution in [3.05, 3.63) is 76.7 Å². The number of hydrogen-bond acceptors (Lipinski definition) is 6. The van der Waals surface area contributed by atoms with E-state index in [1.807, 2.05) is 24.3 Å². The highest BCUT2D eigenvalue weighted by atomic mass is 32.2. The van der Waals surface area contributed by atoms with Gasteiger partial charge >= 0.3 is 0 Å². The summed E-state index contributed by atoms with van der Waals surface area (Å²) in [6.45, 7) is 1.78. The average Bonchev–Trinajstić information content (AvgIpc) is 3.14. The molecule has 0 aliphatic carbocycles. The van der Waals surface area contributed by atoms with E-state index in [1.54, 1.807) is 36.9 Å². The van der Waals surface area contributed by atoms with Crippen LogP contribution in [0.2, 0.25) is 0 Å². The Bertz CT molecular complexity index is 1130. The number of carbonyl (C=O) groups is 1. The fraction of sp³-hybridized carbons (Fsp3) is 0.190. The van der Waals surface area contributed by atoms with Crippen LogP contribution in [0.4, 0.5) is 10.3 Å². The summed E-state index contributed by atoms with van der Waals surface area (Å²) in [5, 5.41) is 8.14. The van der Waals surface area contributed by atoms with E-state index < -0.39 is 11.9 Å². The van der Waals surface area contributed by atoms with Crippen LogP contribution in [0.5, 0.6) is 5.75 Å². The van der Waals surface area contributed by atoms with Crippen LogP contribution in [-0.2, 0) is 10.5 Å². The number of nitrogens with zero attached hydrogens (tertiary/aromatic N) is 3. The number of halogens is 1. The maximum absolute atomic E-state index is 13.9. The number of anilines is 1. The summed E-state index contributed by atoms with van der Waals surface area (Å²) in [5.41, 5.74) is 8.10. The molecule has 0 saturated carbocycles. The van der Waals surface area contributed by atoms with Gasteiger partial charge < -0.3 is 15.8 Å². The van der Waals surface area contributed by atoms with E-state index in [1.165, 1.54) is 17.8 Å². The first kappa shape index (κ1) is 20.0. The molecule has 1 atom stereocenters. The molecule has 0 radical (unpaired) electrons. The quantitative estimate of drug-likeness (QED) is 0.587. The number of carbonyl (C=O) groups excluding carboxylic acids is 1. The second kappa shape index (κ2) is 8.19. The fourth-order valence-electron chi connectivity index (χ4n) is 3.36.